The molecule has 2 heteroatoms. The van der Waals surface area contributed by atoms with E-state index >= 15 is 0 Å². The zero-order valence-corrected chi connectivity index (χ0v) is 13.0. The summed E-state index contributed by atoms with van der Waals surface area (Å²) in [4.78, 5) is 24.3. The summed E-state index contributed by atoms with van der Waals surface area (Å²) in [5.74, 6) is -0.406. The van der Waals surface area contributed by atoms with E-state index in [1.165, 1.54) is 0 Å². The Morgan fingerprint density at radius 1 is 0.727 bits per heavy atom. The molecular weight excluding hydrogens is 272 g/mol. The molecule has 0 aliphatic carbocycles. The predicted octanol–water partition coefficient (Wildman–Crippen LogP) is 4.03. The van der Waals surface area contributed by atoms with Crippen molar-refractivity contribution in [2.75, 3.05) is 0 Å². The molecule has 0 saturated heterocycles. The largest absolute Gasteiger partial charge is 0.299 e. The van der Waals surface area contributed by atoms with Crippen molar-refractivity contribution >= 4 is 11.6 Å². The maximum atomic E-state index is 12.1. The predicted molar refractivity (Wildman–Crippen MR) is 88.7 cm³/mol. The van der Waals surface area contributed by atoms with Gasteiger partial charge < -0.3 is 0 Å². The third kappa shape index (κ3) is 4.96. The van der Waals surface area contributed by atoms with E-state index in [1.54, 1.807) is 6.92 Å². The monoisotopic (exact) mass is 294 g/mol. The minimum absolute atomic E-state index is 0.0434. The first-order valence-corrected chi connectivity index (χ1v) is 7.80. The molecule has 0 saturated carbocycles. The van der Waals surface area contributed by atoms with E-state index in [0.29, 0.717) is 25.7 Å². The van der Waals surface area contributed by atoms with Gasteiger partial charge in [-0.2, -0.15) is 0 Å². The molecule has 0 radical (unpaired) electrons. The molecule has 0 aliphatic heterocycles. The first-order valence-electron chi connectivity index (χ1n) is 7.80. The Morgan fingerprint density at radius 3 is 1.45 bits per heavy atom. The molecule has 2 aromatic carbocycles. The summed E-state index contributed by atoms with van der Waals surface area (Å²) in [6.07, 6.45) is 2.27. The second-order valence-corrected chi connectivity index (χ2v) is 5.63. The lowest BCUT2D eigenvalue weighted by molar-refractivity contribution is -0.132. The molecule has 114 valence electrons. The van der Waals surface area contributed by atoms with Crippen molar-refractivity contribution < 1.29 is 9.59 Å². The number of carbonyl (C=O) groups excluding carboxylic acids is 2. The number of benzene rings is 2. The van der Waals surface area contributed by atoms with Crippen LogP contribution in [0, 0.1) is 5.92 Å². The molecule has 2 aromatic rings. The SMILES string of the molecule is CC(C(=O)CCc1ccccc1)C(=O)CCc1ccccc1. The van der Waals surface area contributed by atoms with Gasteiger partial charge in [0.25, 0.3) is 0 Å². The highest BCUT2D eigenvalue weighted by molar-refractivity contribution is 6.02. The van der Waals surface area contributed by atoms with Crippen LogP contribution in [-0.4, -0.2) is 11.6 Å². The fraction of sp³-hybridized carbons (Fsp3) is 0.300. The second kappa shape index (κ2) is 8.28. The molecule has 22 heavy (non-hydrogen) atoms. The standard InChI is InChI=1S/C20H22O2/c1-16(19(21)14-12-17-8-4-2-5-9-17)20(22)15-13-18-10-6-3-7-11-18/h2-11,16H,12-15H2,1H3. The summed E-state index contributed by atoms with van der Waals surface area (Å²) >= 11 is 0. The van der Waals surface area contributed by atoms with E-state index in [9.17, 15) is 9.59 Å². The van der Waals surface area contributed by atoms with Gasteiger partial charge in [0.1, 0.15) is 11.6 Å². The van der Waals surface area contributed by atoms with Crippen LogP contribution in [0.1, 0.15) is 30.9 Å². The van der Waals surface area contributed by atoms with Gasteiger partial charge in [-0.15, -0.1) is 0 Å². The molecule has 0 atom stereocenters. The fourth-order valence-corrected chi connectivity index (χ4v) is 2.44. The molecule has 0 heterocycles. The number of rotatable bonds is 8. The molecular formula is C20H22O2. The van der Waals surface area contributed by atoms with E-state index < -0.39 is 5.92 Å². The number of carbonyl (C=O) groups is 2. The molecule has 0 amide bonds. The van der Waals surface area contributed by atoms with Crippen molar-refractivity contribution in [2.24, 2.45) is 5.92 Å². The van der Waals surface area contributed by atoms with Crippen LogP contribution in [0.3, 0.4) is 0 Å². The van der Waals surface area contributed by atoms with Crippen LogP contribution < -0.4 is 0 Å². The van der Waals surface area contributed by atoms with Crippen molar-refractivity contribution in [1.29, 1.82) is 0 Å². The van der Waals surface area contributed by atoms with Gasteiger partial charge in [0.05, 0.1) is 5.92 Å². The van der Waals surface area contributed by atoms with E-state index in [1.807, 2.05) is 60.7 Å². The van der Waals surface area contributed by atoms with Crippen LogP contribution in [-0.2, 0) is 22.4 Å². The van der Waals surface area contributed by atoms with E-state index in [0.717, 1.165) is 11.1 Å². The molecule has 2 nitrogen and oxygen atoms in total. The summed E-state index contributed by atoms with van der Waals surface area (Å²) in [7, 11) is 0. The normalized spacial score (nSPS) is 10.6. The molecule has 0 bridgehead atoms. The van der Waals surface area contributed by atoms with Crippen molar-refractivity contribution in [3.63, 3.8) is 0 Å². The number of ketones is 2. The van der Waals surface area contributed by atoms with Gasteiger partial charge >= 0.3 is 0 Å². The zero-order chi connectivity index (χ0) is 15.8. The Morgan fingerprint density at radius 2 is 1.09 bits per heavy atom. The maximum Gasteiger partial charge on any atom is 0.143 e. The number of hydrogen-bond donors (Lipinski definition) is 0. The highest BCUT2D eigenvalue weighted by atomic mass is 16.1. The van der Waals surface area contributed by atoms with Crippen LogP contribution in [0.4, 0.5) is 0 Å². The molecule has 0 aromatic heterocycles. The molecule has 0 unspecified atom stereocenters. The Labute approximate surface area is 132 Å². The average Bonchev–Trinajstić information content (AvgIpc) is 2.58. The molecule has 0 aliphatic rings. The highest BCUT2D eigenvalue weighted by Crippen LogP contribution is 2.12. The Balaban J connectivity index is 1.78. The quantitative estimate of drug-likeness (QED) is 0.689. The smallest absolute Gasteiger partial charge is 0.143 e. The number of aryl methyl sites for hydroxylation is 2. The summed E-state index contributed by atoms with van der Waals surface area (Å²) < 4.78 is 0. The lowest BCUT2D eigenvalue weighted by Gasteiger charge is -2.09. The Hall–Kier alpha value is -2.22. The third-order valence-electron chi connectivity index (χ3n) is 3.97. The first-order chi connectivity index (χ1) is 10.7. The third-order valence-corrected chi connectivity index (χ3v) is 3.97. The van der Waals surface area contributed by atoms with Crippen molar-refractivity contribution in [2.45, 2.75) is 32.6 Å². The molecule has 0 spiro atoms. The summed E-state index contributed by atoms with van der Waals surface area (Å²) in [6.45, 7) is 1.74. The Bertz CT molecular complexity index is 547. The van der Waals surface area contributed by atoms with E-state index in [-0.39, 0.29) is 11.6 Å². The van der Waals surface area contributed by atoms with E-state index in [2.05, 4.69) is 0 Å². The van der Waals surface area contributed by atoms with Gasteiger partial charge in [-0.05, 0) is 30.9 Å². The van der Waals surface area contributed by atoms with Gasteiger partial charge in [0.2, 0.25) is 0 Å². The van der Waals surface area contributed by atoms with Crippen LogP contribution in [0.25, 0.3) is 0 Å². The summed E-state index contributed by atoms with van der Waals surface area (Å²) in [5.41, 5.74) is 2.28. The average molecular weight is 294 g/mol. The molecule has 0 N–H and O–H groups in total. The van der Waals surface area contributed by atoms with Crippen molar-refractivity contribution in [3.05, 3.63) is 71.8 Å². The van der Waals surface area contributed by atoms with Gasteiger partial charge in [0.15, 0.2) is 0 Å². The number of hydrogen-bond acceptors (Lipinski definition) is 2. The Kier molecular flexibility index (Phi) is 6.08. The van der Waals surface area contributed by atoms with Crippen molar-refractivity contribution in [1.82, 2.24) is 0 Å². The van der Waals surface area contributed by atoms with Crippen LogP contribution in [0.15, 0.2) is 60.7 Å². The summed E-state index contributed by atoms with van der Waals surface area (Å²) in [6, 6.07) is 19.8. The van der Waals surface area contributed by atoms with Gasteiger partial charge in [-0.25, -0.2) is 0 Å². The van der Waals surface area contributed by atoms with E-state index in [4.69, 9.17) is 0 Å². The second-order valence-electron chi connectivity index (χ2n) is 5.63. The van der Waals surface area contributed by atoms with Crippen LogP contribution >= 0.6 is 0 Å². The van der Waals surface area contributed by atoms with Crippen LogP contribution in [0.5, 0.6) is 0 Å². The summed E-state index contributed by atoms with van der Waals surface area (Å²) in [5, 5.41) is 0. The fourth-order valence-electron chi connectivity index (χ4n) is 2.44. The lowest BCUT2D eigenvalue weighted by Crippen LogP contribution is -2.22. The van der Waals surface area contributed by atoms with Gasteiger partial charge in [-0.3, -0.25) is 9.59 Å². The zero-order valence-electron chi connectivity index (χ0n) is 13.0. The minimum Gasteiger partial charge on any atom is -0.299 e. The van der Waals surface area contributed by atoms with Gasteiger partial charge in [-0.1, -0.05) is 60.7 Å². The minimum atomic E-state index is -0.493. The van der Waals surface area contributed by atoms with Gasteiger partial charge in [0, 0.05) is 12.8 Å². The van der Waals surface area contributed by atoms with Crippen LogP contribution in [0.2, 0.25) is 0 Å². The lowest BCUT2D eigenvalue weighted by atomic mass is 9.93. The maximum absolute atomic E-state index is 12.1. The molecule has 0 fully saturated rings. The highest BCUT2D eigenvalue weighted by Gasteiger charge is 2.20. The number of Topliss-reactive ketones (excluding diaryl/α,β-unsaturated/α-hetero) is 2. The van der Waals surface area contributed by atoms with Crippen molar-refractivity contribution in [3.8, 4) is 0 Å². The topological polar surface area (TPSA) is 34.1 Å². The first kappa shape index (κ1) is 16.2. The molecule has 2 rings (SSSR count).